The number of carbonyl (C=O) groups is 2. The number of hydrogen-bond donors (Lipinski definition) is 1. The summed E-state index contributed by atoms with van der Waals surface area (Å²) in [7, 11) is 0. The Morgan fingerprint density at radius 2 is 2.11 bits per heavy atom. The third-order valence-corrected chi connectivity index (χ3v) is 4.81. The van der Waals surface area contributed by atoms with Gasteiger partial charge in [-0.1, -0.05) is 6.07 Å². The van der Waals surface area contributed by atoms with E-state index in [4.69, 9.17) is 9.47 Å². The van der Waals surface area contributed by atoms with Gasteiger partial charge in [0.25, 0.3) is 0 Å². The second kappa shape index (κ2) is 8.39. The number of carbonyl (C=O) groups excluding carboxylic acids is 2. The summed E-state index contributed by atoms with van der Waals surface area (Å²) < 4.78 is 13.5. The van der Waals surface area contributed by atoms with Crippen molar-refractivity contribution < 1.29 is 19.1 Å². The molecule has 1 saturated heterocycles. The molecule has 0 saturated carbocycles. The number of aryl methyl sites for hydroxylation is 1. The van der Waals surface area contributed by atoms with Crippen LogP contribution in [0.25, 0.3) is 0 Å². The van der Waals surface area contributed by atoms with Crippen LogP contribution in [0.5, 0.6) is 5.75 Å². The van der Waals surface area contributed by atoms with Crippen molar-refractivity contribution in [1.29, 1.82) is 0 Å². The normalized spacial score (nSPS) is 16.3. The summed E-state index contributed by atoms with van der Waals surface area (Å²) in [5.41, 5.74) is 3.33. The number of rotatable bonds is 7. The van der Waals surface area contributed by atoms with Crippen LogP contribution in [0, 0.1) is 13.8 Å². The number of anilines is 1. The van der Waals surface area contributed by atoms with Crippen molar-refractivity contribution in [3.63, 3.8) is 0 Å². The molecule has 1 amide bonds. The van der Waals surface area contributed by atoms with Gasteiger partial charge in [0, 0.05) is 48.8 Å². The SMILES string of the molecule is CC(=O)Nc1cccc(OCC(=O)c2cc(C)n(C[C@H]3CCCO3)c2C)c1. The van der Waals surface area contributed by atoms with Crippen molar-refractivity contribution in [2.45, 2.75) is 46.3 Å². The third-order valence-electron chi connectivity index (χ3n) is 4.81. The van der Waals surface area contributed by atoms with Crippen LogP contribution in [0.1, 0.15) is 41.5 Å². The molecule has 2 aromatic rings. The zero-order valence-corrected chi connectivity index (χ0v) is 16.1. The molecular formula is C21H26N2O4. The fraction of sp³-hybridized carbons (Fsp3) is 0.429. The molecule has 1 aliphatic heterocycles. The van der Waals surface area contributed by atoms with E-state index in [9.17, 15) is 9.59 Å². The highest BCUT2D eigenvalue weighted by molar-refractivity contribution is 5.98. The van der Waals surface area contributed by atoms with Crippen LogP contribution in [-0.2, 0) is 16.1 Å². The van der Waals surface area contributed by atoms with Gasteiger partial charge in [0.15, 0.2) is 6.61 Å². The standard InChI is InChI=1S/C21H26N2O4/c1-14-10-20(15(2)23(14)12-19-8-5-9-26-19)21(25)13-27-18-7-4-6-17(11-18)22-16(3)24/h4,6-7,10-11,19H,5,8-9,12-13H2,1-3H3,(H,22,24)/t19-/m1/s1. The highest BCUT2D eigenvalue weighted by Gasteiger charge is 2.21. The average molecular weight is 370 g/mol. The second-order valence-electron chi connectivity index (χ2n) is 6.95. The zero-order chi connectivity index (χ0) is 19.4. The summed E-state index contributed by atoms with van der Waals surface area (Å²) in [5, 5.41) is 2.70. The number of nitrogens with one attached hydrogen (secondary N) is 1. The fourth-order valence-corrected chi connectivity index (χ4v) is 3.45. The van der Waals surface area contributed by atoms with E-state index >= 15 is 0 Å². The quantitative estimate of drug-likeness (QED) is 0.758. The van der Waals surface area contributed by atoms with Crippen LogP contribution >= 0.6 is 0 Å². The lowest BCUT2D eigenvalue weighted by molar-refractivity contribution is -0.114. The highest BCUT2D eigenvalue weighted by atomic mass is 16.5. The first-order chi connectivity index (χ1) is 12.9. The Kier molecular flexibility index (Phi) is 5.96. The summed E-state index contributed by atoms with van der Waals surface area (Å²) >= 11 is 0. The van der Waals surface area contributed by atoms with E-state index in [0.29, 0.717) is 17.0 Å². The number of Topliss-reactive ketones (excluding diaryl/α,β-unsaturated/α-hetero) is 1. The fourth-order valence-electron chi connectivity index (χ4n) is 3.45. The summed E-state index contributed by atoms with van der Waals surface area (Å²) in [6, 6.07) is 8.94. The third kappa shape index (κ3) is 4.77. The Morgan fingerprint density at radius 3 is 2.81 bits per heavy atom. The molecule has 6 nitrogen and oxygen atoms in total. The van der Waals surface area contributed by atoms with E-state index in [2.05, 4.69) is 9.88 Å². The predicted molar refractivity (Wildman–Crippen MR) is 103 cm³/mol. The minimum absolute atomic E-state index is 0.0479. The van der Waals surface area contributed by atoms with E-state index in [1.165, 1.54) is 6.92 Å². The van der Waals surface area contributed by atoms with Gasteiger partial charge >= 0.3 is 0 Å². The number of hydrogen-bond acceptors (Lipinski definition) is 4. The predicted octanol–water partition coefficient (Wildman–Crippen LogP) is 3.50. The Morgan fingerprint density at radius 1 is 1.30 bits per heavy atom. The number of benzene rings is 1. The van der Waals surface area contributed by atoms with Crippen molar-refractivity contribution in [3.05, 3.63) is 47.3 Å². The van der Waals surface area contributed by atoms with Crippen molar-refractivity contribution >= 4 is 17.4 Å². The first-order valence-corrected chi connectivity index (χ1v) is 9.26. The summed E-state index contributed by atoms with van der Waals surface area (Å²) in [4.78, 5) is 23.8. The second-order valence-corrected chi connectivity index (χ2v) is 6.95. The van der Waals surface area contributed by atoms with Crippen LogP contribution in [0.4, 0.5) is 5.69 Å². The first kappa shape index (κ1) is 19.2. The molecule has 1 aromatic heterocycles. The Hall–Kier alpha value is -2.60. The molecule has 0 aliphatic carbocycles. The maximum Gasteiger partial charge on any atom is 0.221 e. The lowest BCUT2D eigenvalue weighted by Gasteiger charge is -2.15. The minimum Gasteiger partial charge on any atom is -0.485 e. The maximum absolute atomic E-state index is 12.7. The monoisotopic (exact) mass is 370 g/mol. The van der Waals surface area contributed by atoms with Crippen molar-refractivity contribution in [3.8, 4) is 5.75 Å². The first-order valence-electron chi connectivity index (χ1n) is 9.26. The average Bonchev–Trinajstić information content (AvgIpc) is 3.23. The molecule has 1 fully saturated rings. The van der Waals surface area contributed by atoms with Crippen molar-refractivity contribution in [2.24, 2.45) is 0 Å². The molecule has 27 heavy (non-hydrogen) atoms. The lowest BCUT2D eigenvalue weighted by Crippen LogP contribution is -2.18. The number of nitrogens with zero attached hydrogens (tertiary/aromatic N) is 1. The van der Waals surface area contributed by atoms with Gasteiger partial charge in [-0.3, -0.25) is 9.59 Å². The molecule has 0 unspecified atom stereocenters. The number of ketones is 1. The van der Waals surface area contributed by atoms with E-state index in [1.54, 1.807) is 24.3 Å². The number of aromatic nitrogens is 1. The van der Waals surface area contributed by atoms with Gasteiger partial charge in [0.1, 0.15) is 5.75 Å². The molecule has 0 bridgehead atoms. The van der Waals surface area contributed by atoms with E-state index in [0.717, 1.165) is 37.4 Å². The molecule has 1 N–H and O–H groups in total. The smallest absolute Gasteiger partial charge is 0.221 e. The molecule has 0 radical (unpaired) electrons. The molecule has 1 aromatic carbocycles. The molecule has 144 valence electrons. The van der Waals surface area contributed by atoms with Crippen LogP contribution in [0.3, 0.4) is 0 Å². The topological polar surface area (TPSA) is 69.6 Å². The zero-order valence-electron chi connectivity index (χ0n) is 16.1. The van der Waals surface area contributed by atoms with Gasteiger partial charge in [-0.15, -0.1) is 0 Å². The van der Waals surface area contributed by atoms with E-state index in [1.807, 2.05) is 19.9 Å². The molecule has 3 rings (SSSR count). The summed E-state index contributed by atoms with van der Waals surface area (Å²) in [5.74, 6) is 0.330. The molecule has 0 spiro atoms. The lowest BCUT2D eigenvalue weighted by atomic mass is 10.1. The Balaban J connectivity index is 1.65. The minimum atomic E-state index is -0.151. The van der Waals surface area contributed by atoms with Crippen molar-refractivity contribution in [1.82, 2.24) is 4.57 Å². The molecule has 1 aliphatic rings. The summed E-state index contributed by atoms with van der Waals surface area (Å²) in [6.45, 7) is 6.98. The highest BCUT2D eigenvalue weighted by Crippen LogP contribution is 2.22. The van der Waals surface area contributed by atoms with Gasteiger partial charge in [-0.05, 0) is 44.9 Å². The largest absolute Gasteiger partial charge is 0.485 e. The van der Waals surface area contributed by atoms with Gasteiger partial charge in [0.2, 0.25) is 11.7 Å². The molecule has 1 atom stereocenters. The Labute approximate surface area is 159 Å². The molecular weight excluding hydrogens is 344 g/mol. The van der Waals surface area contributed by atoms with Gasteiger partial charge in [-0.25, -0.2) is 0 Å². The van der Waals surface area contributed by atoms with Crippen LogP contribution in [0.15, 0.2) is 30.3 Å². The van der Waals surface area contributed by atoms with Gasteiger partial charge in [0.05, 0.1) is 6.10 Å². The number of ether oxygens (including phenoxy) is 2. The van der Waals surface area contributed by atoms with Gasteiger partial charge in [-0.2, -0.15) is 0 Å². The maximum atomic E-state index is 12.7. The molecule has 2 heterocycles. The van der Waals surface area contributed by atoms with E-state index in [-0.39, 0.29) is 24.4 Å². The summed E-state index contributed by atoms with van der Waals surface area (Å²) in [6.07, 6.45) is 2.39. The molecule has 6 heteroatoms. The van der Waals surface area contributed by atoms with Gasteiger partial charge < -0.3 is 19.4 Å². The van der Waals surface area contributed by atoms with E-state index < -0.39 is 0 Å². The van der Waals surface area contributed by atoms with Crippen LogP contribution < -0.4 is 10.1 Å². The Bertz CT molecular complexity index is 835. The van der Waals surface area contributed by atoms with Crippen molar-refractivity contribution in [2.75, 3.05) is 18.5 Å². The van der Waals surface area contributed by atoms with Crippen LogP contribution in [-0.4, -0.2) is 35.6 Å². The van der Waals surface area contributed by atoms with Crippen LogP contribution in [0.2, 0.25) is 0 Å². The number of amides is 1.